The zero-order valence-electron chi connectivity index (χ0n) is 15.7. The number of rotatable bonds is 3. The third kappa shape index (κ3) is 2.89. The Morgan fingerprint density at radius 2 is 1.97 bits per heavy atom. The summed E-state index contributed by atoms with van der Waals surface area (Å²) in [4.78, 5) is 25.5. The molecule has 0 fully saturated rings. The number of hydrogen-bond donors (Lipinski definition) is 1. The van der Waals surface area contributed by atoms with Gasteiger partial charge in [0.2, 0.25) is 5.95 Å². The van der Waals surface area contributed by atoms with E-state index in [2.05, 4.69) is 20.5 Å². The maximum absolute atomic E-state index is 12.2. The van der Waals surface area contributed by atoms with E-state index < -0.39 is 0 Å². The third-order valence-electron chi connectivity index (χ3n) is 4.60. The molecule has 4 aromatic heterocycles. The normalized spacial score (nSPS) is 11.2. The first-order chi connectivity index (χ1) is 14.1. The van der Waals surface area contributed by atoms with Gasteiger partial charge in [-0.25, -0.2) is 15.0 Å². The molecule has 1 aromatic carbocycles. The Morgan fingerprint density at radius 3 is 2.79 bits per heavy atom. The fourth-order valence-electron chi connectivity index (χ4n) is 3.23. The highest BCUT2D eigenvalue weighted by Gasteiger charge is 2.17. The van der Waals surface area contributed by atoms with Crippen LogP contribution < -0.4 is 10.9 Å². The molecule has 0 spiro atoms. The number of nitrogens with zero attached hydrogens (tertiary/aromatic N) is 7. The van der Waals surface area contributed by atoms with Gasteiger partial charge in [-0.05, 0) is 30.7 Å². The van der Waals surface area contributed by atoms with E-state index in [4.69, 9.17) is 9.97 Å². The van der Waals surface area contributed by atoms with Crippen molar-refractivity contribution in [1.82, 2.24) is 34.3 Å². The Bertz CT molecular complexity index is 1440. The summed E-state index contributed by atoms with van der Waals surface area (Å²) >= 11 is 0. The van der Waals surface area contributed by atoms with E-state index in [0.29, 0.717) is 23.1 Å². The smallest absolute Gasteiger partial charge is 0.293 e. The van der Waals surface area contributed by atoms with Crippen molar-refractivity contribution in [3.05, 3.63) is 70.9 Å². The van der Waals surface area contributed by atoms with Crippen LogP contribution >= 0.6 is 0 Å². The largest absolute Gasteiger partial charge is 0.319 e. The van der Waals surface area contributed by atoms with Gasteiger partial charge in [0.1, 0.15) is 5.69 Å². The monoisotopic (exact) mass is 384 g/mol. The van der Waals surface area contributed by atoms with Gasteiger partial charge >= 0.3 is 0 Å². The van der Waals surface area contributed by atoms with Crippen LogP contribution in [0.1, 0.15) is 5.56 Å². The second-order valence-corrected chi connectivity index (χ2v) is 6.65. The van der Waals surface area contributed by atoms with Gasteiger partial charge in [0, 0.05) is 24.8 Å². The van der Waals surface area contributed by atoms with Crippen LogP contribution in [0.4, 0.5) is 11.6 Å². The van der Waals surface area contributed by atoms with Crippen molar-refractivity contribution in [2.24, 2.45) is 7.05 Å². The topological polar surface area (TPSA) is 103 Å². The van der Waals surface area contributed by atoms with Crippen LogP contribution in [0.5, 0.6) is 0 Å². The first-order valence-corrected chi connectivity index (χ1v) is 8.97. The van der Waals surface area contributed by atoms with Gasteiger partial charge in [-0.3, -0.25) is 9.48 Å². The van der Waals surface area contributed by atoms with Gasteiger partial charge in [-0.1, -0.05) is 18.2 Å². The Labute approximate surface area is 164 Å². The molecule has 29 heavy (non-hydrogen) atoms. The molecule has 9 nitrogen and oxygen atoms in total. The molecule has 5 aromatic rings. The minimum atomic E-state index is -0.387. The van der Waals surface area contributed by atoms with Crippen LogP contribution in [0.2, 0.25) is 0 Å². The van der Waals surface area contributed by atoms with Crippen LogP contribution in [0.3, 0.4) is 0 Å². The summed E-state index contributed by atoms with van der Waals surface area (Å²) in [5, 5.41) is 12.8. The quantitative estimate of drug-likeness (QED) is 0.510. The first kappa shape index (κ1) is 17.0. The zero-order valence-corrected chi connectivity index (χ0v) is 15.7. The molecule has 5 rings (SSSR count). The van der Waals surface area contributed by atoms with Crippen LogP contribution in [-0.4, -0.2) is 34.3 Å². The molecule has 1 N–H and O–H groups in total. The highest BCUT2D eigenvalue weighted by molar-refractivity contribution is 5.95. The van der Waals surface area contributed by atoms with Crippen molar-refractivity contribution < 1.29 is 0 Å². The van der Waals surface area contributed by atoms with Crippen LogP contribution in [0.15, 0.2) is 59.8 Å². The summed E-state index contributed by atoms with van der Waals surface area (Å²) in [6, 6.07) is 10.9. The van der Waals surface area contributed by atoms with E-state index in [9.17, 15) is 4.79 Å². The van der Waals surface area contributed by atoms with Crippen LogP contribution in [-0.2, 0) is 7.05 Å². The molecule has 0 saturated carbocycles. The first-order valence-electron chi connectivity index (χ1n) is 8.97. The fourth-order valence-corrected chi connectivity index (χ4v) is 3.23. The lowest BCUT2D eigenvalue weighted by Crippen LogP contribution is -2.11. The second kappa shape index (κ2) is 6.48. The molecule has 0 aliphatic rings. The standard InChI is InChI=1S/C20H16N8O/c1-12-6-5-8-14-16(12)18-25-17(13-10-22-27(2)11-13)26-28(18)20(23-14)24-15-7-3-4-9-21-19(15)29/h3-11H,1-2H3,(H,21,23,24,29). The molecular formula is C20H16N8O. The number of aryl methyl sites for hydroxylation is 2. The molecule has 142 valence electrons. The molecule has 0 unspecified atom stereocenters. The molecule has 0 amide bonds. The predicted molar refractivity (Wildman–Crippen MR) is 109 cm³/mol. The maximum Gasteiger partial charge on any atom is 0.293 e. The predicted octanol–water partition coefficient (Wildman–Crippen LogP) is 2.49. The van der Waals surface area contributed by atoms with Crippen molar-refractivity contribution in [2.45, 2.75) is 6.92 Å². The molecule has 0 aliphatic heterocycles. The average molecular weight is 384 g/mol. The third-order valence-corrected chi connectivity index (χ3v) is 4.60. The van der Waals surface area contributed by atoms with Gasteiger partial charge in [-0.15, -0.1) is 5.10 Å². The van der Waals surface area contributed by atoms with Gasteiger partial charge in [0.15, 0.2) is 11.5 Å². The summed E-state index contributed by atoms with van der Waals surface area (Å²) in [6.07, 6.45) is 5.01. The highest BCUT2D eigenvalue weighted by Crippen LogP contribution is 2.27. The van der Waals surface area contributed by atoms with Gasteiger partial charge in [0.05, 0.1) is 17.3 Å². The second-order valence-electron chi connectivity index (χ2n) is 6.65. The number of fused-ring (bicyclic) bond motifs is 3. The average Bonchev–Trinajstić information content (AvgIpc) is 3.28. The number of nitrogens with one attached hydrogen (secondary N) is 1. The van der Waals surface area contributed by atoms with Gasteiger partial charge in [0.25, 0.3) is 5.56 Å². The summed E-state index contributed by atoms with van der Waals surface area (Å²) in [7, 11) is 1.84. The Balaban J connectivity index is 1.79. The Morgan fingerprint density at radius 1 is 1.07 bits per heavy atom. The van der Waals surface area contributed by atoms with Crippen molar-refractivity contribution in [1.29, 1.82) is 0 Å². The molecular weight excluding hydrogens is 368 g/mol. The maximum atomic E-state index is 12.2. The molecule has 0 radical (unpaired) electrons. The van der Waals surface area contributed by atoms with E-state index in [-0.39, 0.29) is 5.56 Å². The summed E-state index contributed by atoms with van der Waals surface area (Å²) in [6.45, 7) is 2.01. The number of benzene rings is 1. The minimum Gasteiger partial charge on any atom is -0.319 e. The lowest BCUT2D eigenvalue weighted by molar-refractivity contribution is 0.768. The van der Waals surface area contributed by atoms with E-state index in [1.807, 2.05) is 38.4 Å². The van der Waals surface area contributed by atoms with E-state index in [0.717, 1.165) is 22.0 Å². The van der Waals surface area contributed by atoms with E-state index >= 15 is 0 Å². The number of anilines is 2. The number of hydrogen-bond acceptors (Lipinski definition) is 7. The van der Waals surface area contributed by atoms with E-state index in [1.165, 1.54) is 6.20 Å². The summed E-state index contributed by atoms with van der Waals surface area (Å²) in [5.74, 6) is 0.906. The molecule has 4 heterocycles. The molecule has 9 heteroatoms. The summed E-state index contributed by atoms with van der Waals surface area (Å²) in [5.41, 5.74) is 3.15. The molecule has 0 atom stereocenters. The van der Waals surface area contributed by atoms with E-state index in [1.54, 1.807) is 33.6 Å². The lowest BCUT2D eigenvalue weighted by Gasteiger charge is -2.08. The van der Waals surface area contributed by atoms with Crippen LogP contribution in [0, 0.1) is 6.92 Å². The zero-order chi connectivity index (χ0) is 20.0. The molecule has 0 bridgehead atoms. The molecule has 0 saturated heterocycles. The van der Waals surface area contributed by atoms with Crippen molar-refractivity contribution >= 4 is 28.2 Å². The van der Waals surface area contributed by atoms with Crippen molar-refractivity contribution in [3.8, 4) is 11.4 Å². The van der Waals surface area contributed by atoms with Crippen molar-refractivity contribution in [2.75, 3.05) is 5.32 Å². The molecule has 0 aliphatic carbocycles. The minimum absolute atomic E-state index is 0.300. The van der Waals surface area contributed by atoms with Gasteiger partial charge in [-0.2, -0.15) is 9.61 Å². The highest BCUT2D eigenvalue weighted by atomic mass is 16.1. The Kier molecular flexibility index (Phi) is 3.80. The SMILES string of the molecule is Cc1cccc2nc(Nc3ccccnc3=O)n3nc(-c4cnn(C)c4)nc3c12. The fraction of sp³-hybridized carbons (Fsp3) is 0.100. The Hall–Kier alpha value is -4.14. The van der Waals surface area contributed by atoms with Crippen LogP contribution in [0.25, 0.3) is 27.9 Å². The van der Waals surface area contributed by atoms with Gasteiger partial charge < -0.3 is 5.32 Å². The summed E-state index contributed by atoms with van der Waals surface area (Å²) < 4.78 is 3.31. The number of aromatic nitrogens is 7. The van der Waals surface area contributed by atoms with Crippen molar-refractivity contribution in [3.63, 3.8) is 0 Å². The lowest BCUT2D eigenvalue weighted by atomic mass is 10.1.